The van der Waals surface area contributed by atoms with Crippen LogP contribution in [0.2, 0.25) is 0 Å². The molecule has 94 valence electrons. The zero-order valence-electron chi connectivity index (χ0n) is 10.3. The maximum Gasteiger partial charge on any atom is 0.0208 e. The van der Waals surface area contributed by atoms with Crippen LogP contribution in [0.4, 0.5) is 0 Å². The maximum absolute atomic E-state index is 3.39. The molecule has 0 aromatic heterocycles. The third kappa shape index (κ3) is 5.17. The van der Waals surface area contributed by atoms with Gasteiger partial charge < -0.3 is 5.32 Å². The molecule has 2 aromatic carbocycles. The molecule has 0 aliphatic rings. The Hall–Kier alpha value is -1.57. The molecule has 0 aliphatic heterocycles. The van der Waals surface area contributed by atoms with E-state index >= 15 is 0 Å². The molecule has 0 fully saturated rings. The minimum absolute atomic E-state index is 0. The van der Waals surface area contributed by atoms with Crippen LogP contribution in [0.15, 0.2) is 66.7 Å². The van der Waals surface area contributed by atoms with Gasteiger partial charge in [-0.3, -0.25) is 0 Å². The Bertz CT molecular complexity index is 451. The first-order valence-corrected chi connectivity index (χ1v) is 5.91. The summed E-state index contributed by atoms with van der Waals surface area (Å²) in [6.45, 7) is 1.81. The smallest absolute Gasteiger partial charge is 0.0208 e. The highest BCUT2D eigenvalue weighted by Crippen LogP contribution is 2.00. The predicted molar refractivity (Wildman–Crippen MR) is 80.9 cm³/mol. The van der Waals surface area contributed by atoms with E-state index in [0.717, 1.165) is 13.1 Å². The molecule has 1 N–H and O–H groups in total. The summed E-state index contributed by atoms with van der Waals surface area (Å²) < 4.78 is 0. The van der Waals surface area contributed by atoms with Crippen molar-refractivity contribution in [2.24, 2.45) is 0 Å². The topological polar surface area (TPSA) is 12.0 Å². The van der Waals surface area contributed by atoms with Crippen molar-refractivity contribution in [3.8, 4) is 0 Å². The van der Waals surface area contributed by atoms with Crippen LogP contribution >= 0.6 is 12.4 Å². The molecule has 0 amide bonds. The molecular weight excluding hydrogens is 242 g/mol. The van der Waals surface area contributed by atoms with Crippen molar-refractivity contribution >= 4 is 18.5 Å². The zero-order chi connectivity index (χ0) is 11.8. The normalized spacial score (nSPS) is 10.2. The highest BCUT2D eigenvalue weighted by atomic mass is 35.5. The van der Waals surface area contributed by atoms with Crippen molar-refractivity contribution in [2.75, 3.05) is 6.54 Å². The van der Waals surface area contributed by atoms with Crippen molar-refractivity contribution in [3.63, 3.8) is 0 Å². The van der Waals surface area contributed by atoms with Gasteiger partial charge in [0.1, 0.15) is 0 Å². The Morgan fingerprint density at radius 3 is 2.11 bits per heavy atom. The van der Waals surface area contributed by atoms with E-state index in [2.05, 4.69) is 66.0 Å². The Morgan fingerprint density at radius 1 is 0.833 bits per heavy atom. The zero-order valence-corrected chi connectivity index (χ0v) is 11.1. The molecular formula is C16H18ClN. The molecule has 0 bridgehead atoms. The molecule has 1 nitrogen and oxygen atoms in total. The highest BCUT2D eigenvalue weighted by molar-refractivity contribution is 5.85. The van der Waals surface area contributed by atoms with Crippen molar-refractivity contribution in [1.29, 1.82) is 0 Å². The van der Waals surface area contributed by atoms with E-state index in [1.807, 2.05) is 12.1 Å². The quantitative estimate of drug-likeness (QED) is 0.803. The molecule has 0 saturated heterocycles. The molecule has 0 aliphatic carbocycles. The van der Waals surface area contributed by atoms with Crippen LogP contribution in [-0.4, -0.2) is 6.54 Å². The van der Waals surface area contributed by atoms with Gasteiger partial charge in [0.15, 0.2) is 0 Å². The highest BCUT2D eigenvalue weighted by Gasteiger charge is 1.88. The fraction of sp³-hybridized carbons (Fsp3) is 0.125. The number of rotatable bonds is 5. The Labute approximate surface area is 115 Å². The van der Waals surface area contributed by atoms with Crippen LogP contribution in [0, 0.1) is 0 Å². The lowest BCUT2D eigenvalue weighted by molar-refractivity contribution is 0.761. The van der Waals surface area contributed by atoms with Gasteiger partial charge in [-0.15, -0.1) is 12.4 Å². The van der Waals surface area contributed by atoms with Crippen molar-refractivity contribution in [1.82, 2.24) is 5.32 Å². The lowest BCUT2D eigenvalue weighted by Crippen LogP contribution is -2.12. The molecule has 0 unspecified atom stereocenters. The second kappa shape index (κ2) is 8.51. The first-order chi connectivity index (χ1) is 8.45. The number of halogens is 1. The number of benzene rings is 2. The van der Waals surface area contributed by atoms with Gasteiger partial charge in [-0.05, 0) is 11.1 Å². The molecule has 0 saturated carbocycles. The average Bonchev–Trinajstić information content (AvgIpc) is 2.41. The van der Waals surface area contributed by atoms with Gasteiger partial charge in [-0.25, -0.2) is 0 Å². The van der Waals surface area contributed by atoms with Crippen LogP contribution in [-0.2, 0) is 6.54 Å². The second-order valence-electron chi connectivity index (χ2n) is 3.93. The molecule has 0 radical (unpaired) electrons. The number of hydrogen-bond donors (Lipinski definition) is 1. The van der Waals surface area contributed by atoms with Gasteiger partial charge in [-0.2, -0.15) is 0 Å². The lowest BCUT2D eigenvalue weighted by Gasteiger charge is -2.01. The summed E-state index contributed by atoms with van der Waals surface area (Å²) >= 11 is 0. The summed E-state index contributed by atoms with van der Waals surface area (Å²) in [6.07, 6.45) is 4.29. The van der Waals surface area contributed by atoms with E-state index in [9.17, 15) is 0 Å². The molecule has 0 spiro atoms. The van der Waals surface area contributed by atoms with Crippen LogP contribution in [0.1, 0.15) is 11.1 Å². The van der Waals surface area contributed by atoms with Gasteiger partial charge in [0.05, 0.1) is 0 Å². The van der Waals surface area contributed by atoms with E-state index in [1.54, 1.807) is 0 Å². The Morgan fingerprint density at radius 2 is 1.44 bits per heavy atom. The summed E-state index contributed by atoms with van der Waals surface area (Å²) in [4.78, 5) is 0. The average molecular weight is 260 g/mol. The third-order valence-electron chi connectivity index (χ3n) is 2.54. The fourth-order valence-corrected chi connectivity index (χ4v) is 1.65. The Kier molecular flexibility index (Phi) is 6.85. The van der Waals surface area contributed by atoms with Gasteiger partial charge >= 0.3 is 0 Å². The molecule has 0 heterocycles. The SMILES string of the molecule is C(=C\c1ccccc1)/CNCc1ccccc1.Cl. The maximum atomic E-state index is 3.39. The van der Waals surface area contributed by atoms with E-state index in [0.29, 0.717) is 0 Å². The van der Waals surface area contributed by atoms with Gasteiger partial charge in [0.25, 0.3) is 0 Å². The molecule has 0 atom stereocenters. The van der Waals surface area contributed by atoms with Crippen LogP contribution in [0.25, 0.3) is 6.08 Å². The van der Waals surface area contributed by atoms with Gasteiger partial charge in [0, 0.05) is 13.1 Å². The predicted octanol–water partition coefficient (Wildman–Crippen LogP) is 3.91. The van der Waals surface area contributed by atoms with Crippen LogP contribution in [0.5, 0.6) is 0 Å². The summed E-state index contributed by atoms with van der Waals surface area (Å²) in [5.41, 5.74) is 2.56. The Balaban J connectivity index is 0.00000162. The van der Waals surface area contributed by atoms with Crippen molar-refractivity contribution < 1.29 is 0 Å². The van der Waals surface area contributed by atoms with E-state index in [-0.39, 0.29) is 12.4 Å². The van der Waals surface area contributed by atoms with Gasteiger partial charge in [-0.1, -0.05) is 72.8 Å². The standard InChI is InChI=1S/C16H17N.ClH/c1-3-8-15(9-4-1)12-7-13-17-14-16-10-5-2-6-11-16;/h1-12,17H,13-14H2;1H/b12-7+;. The molecule has 2 rings (SSSR count). The summed E-state index contributed by atoms with van der Waals surface area (Å²) in [6, 6.07) is 20.8. The minimum Gasteiger partial charge on any atom is -0.309 e. The molecule has 2 aromatic rings. The largest absolute Gasteiger partial charge is 0.309 e. The summed E-state index contributed by atoms with van der Waals surface area (Å²) in [5.74, 6) is 0. The van der Waals surface area contributed by atoms with Crippen molar-refractivity contribution in [3.05, 3.63) is 77.9 Å². The number of nitrogens with one attached hydrogen (secondary N) is 1. The minimum atomic E-state index is 0. The van der Waals surface area contributed by atoms with E-state index in [1.165, 1.54) is 11.1 Å². The monoisotopic (exact) mass is 259 g/mol. The molecule has 18 heavy (non-hydrogen) atoms. The summed E-state index contributed by atoms with van der Waals surface area (Å²) in [5, 5.41) is 3.39. The third-order valence-corrected chi connectivity index (χ3v) is 2.54. The molecule has 2 heteroatoms. The first-order valence-electron chi connectivity index (χ1n) is 5.91. The lowest BCUT2D eigenvalue weighted by atomic mass is 10.2. The van der Waals surface area contributed by atoms with E-state index in [4.69, 9.17) is 0 Å². The van der Waals surface area contributed by atoms with Crippen molar-refractivity contribution in [2.45, 2.75) is 6.54 Å². The number of hydrogen-bond acceptors (Lipinski definition) is 1. The first kappa shape index (κ1) is 14.5. The fourth-order valence-electron chi connectivity index (χ4n) is 1.65. The van der Waals surface area contributed by atoms with Crippen LogP contribution < -0.4 is 5.32 Å². The van der Waals surface area contributed by atoms with Gasteiger partial charge in [0.2, 0.25) is 0 Å². The van der Waals surface area contributed by atoms with E-state index < -0.39 is 0 Å². The summed E-state index contributed by atoms with van der Waals surface area (Å²) in [7, 11) is 0. The van der Waals surface area contributed by atoms with Crippen LogP contribution in [0.3, 0.4) is 0 Å². The second-order valence-corrected chi connectivity index (χ2v) is 3.93.